The van der Waals surface area contributed by atoms with Crippen molar-refractivity contribution >= 4 is 34.2 Å². The summed E-state index contributed by atoms with van der Waals surface area (Å²) in [5.74, 6) is 2.03. The summed E-state index contributed by atoms with van der Waals surface area (Å²) in [5.41, 5.74) is 0.972. The lowest BCUT2D eigenvalue weighted by Gasteiger charge is -2.37. The van der Waals surface area contributed by atoms with E-state index in [9.17, 15) is 4.39 Å². The molecule has 0 bridgehead atoms. The van der Waals surface area contributed by atoms with Crippen LogP contribution in [0.4, 0.5) is 4.39 Å². The van der Waals surface area contributed by atoms with Crippen LogP contribution in [0, 0.1) is 17.7 Å². The minimum atomic E-state index is -0.408. The van der Waals surface area contributed by atoms with Gasteiger partial charge in [0.25, 0.3) is 0 Å². The maximum absolute atomic E-state index is 14.2. The third-order valence-electron chi connectivity index (χ3n) is 5.88. The van der Waals surface area contributed by atoms with Gasteiger partial charge < -0.3 is 4.74 Å². The van der Waals surface area contributed by atoms with E-state index in [0.717, 1.165) is 34.2 Å². The maximum Gasteiger partial charge on any atom is 0.183 e. The molecule has 1 aromatic carbocycles. The zero-order chi connectivity index (χ0) is 16.4. The molecule has 0 aliphatic heterocycles. The van der Waals surface area contributed by atoms with Crippen molar-refractivity contribution in [1.29, 1.82) is 0 Å². The molecular weight excluding hydrogens is 426 g/mol. The minimum absolute atomic E-state index is 0.239. The van der Waals surface area contributed by atoms with Crippen molar-refractivity contribution < 1.29 is 9.13 Å². The van der Waals surface area contributed by atoms with E-state index in [0.29, 0.717) is 5.92 Å². The summed E-state index contributed by atoms with van der Waals surface area (Å²) in [4.78, 5) is 0. The van der Waals surface area contributed by atoms with E-state index in [1.54, 1.807) is 6.07 Å². The van der Waals surface area contributed by atoms with Gasteiger partial charge in [0, 0.05) is 3.92 Å². The largest absolute Gasteiger partial charge is 0.494 e. The first kappa shape index (κ1) is 17.8. The van der Waals surface area contributed by atoms with Crippen LogP contribution < -0.4 is 4.74 Å². The highest BCUT2D eigenvalue weighted by Gasteiger charge is 2.31. The summed E-state index contributed by atoms with van der Waals surface area (Å²) in [6.07, 6.45) is 10.4. The highest BCUT2D eigenvalue weighted by atomic mass is 127. The van der Waals surface area contributed by atoms with Crippen molar-refractivity contribution in [2.75, 3.05) is 7.11 Å². The molecule has 0 aromatic heterocycles. The Morgan fingerprint density at radius 3 is 2.13 bits per heavy atom. The van der Waals surface area contributed by atoms with Crippen LogP contribution in [0.3, 0.4) is 0 Å². The molecule has 2 saturated carbocycles. The highest BCUT2D eigenvalue weighted by Crippen LogP contribution is 2.45. The van der Waals surface area contributed by atoms with Crippen LogP contribution in [0.1, 0.15) is 62.8 Å². The lowest BCUT2D eigenvalue weighted by atomic mass is 9.70. The quantitative estimate of drug-likeness (QED) is 0.365. The van der Waals surface area contributed by atoms with Gasteiger partial charge in [0.2, 0.25) is 0 Å². The van der Waals surface area contributed by atoms with Gasteiger partial charge in [0.15, 0.2) is 11.6 Å². The lowest BCUT2D eigenvalue weighted by Crippen LogP contribution is -2.25. The summed E-state index contributed by atoms with van der Waals surface area (Å²) in [6, 6.07) is 3.67. The highest BCUT2D eigenvalue weighted by molar-refractivity contribution is 14.1. The van der Waals surface area contributed by atoms with Gasteiger partial charge in [-0.3, -0.25) is 0 Å². The van der Waals surface area contributed by atoms with E-state index in [1.807, 2.05) is 6.07 Å². The molecule has 0 saturated heterocycles. The first-order valence-electron chi connectivity index (χ1n) is 8.76. The Morgan fingerprint density at radius 1 is 1.00 bits per heavy atom. The van der Waals surface area contributed by atoms with E-state index < -0.39 is 5.82 Å². The summed E-state index contributed by atoms with van der Waals surface area (Å²) in [7, 11) is 1.48. The Morgan fingerprint density at radius 2 is 1.57 bits per heavy atom. The fourth-order valence-electron chi connectivity index (χ4n) is 4.47. The van der Waals surface area contributed by atoms with E-state index in [4.69, 9.17) is 16.3 Å². The van der Waals surface area contributed by atoms with Gasteiger partial charge in [-0.1, -0.05) is 40.3 Å². The molecule has 0 amide bonds. The van der Waals surface area contributed by atoms with Gasteiger partial charge in [0.1, 0.15) is 0 Å². The zero-order valence-electron chi connectivity index (χ0n) is 13.7. The van der Waals surface area contributed by atoms with Gasteiger partial charge in [-0.15, -0.1) is 0 Å². The summed E-state index contributed by atoms with van der Waals surface area (Å²) in [5, 5.41) is 0.262. The fraction of sp³-hybridized carbons (Fsp3) is 0.684. The second kappa shape index (κ2) is 7.90. The molecule has 0 atom stereocenters. The van der Waals surface area contributed by atoms with Crippen molar-refractivity contribution in [3.05, 3.63) is 28.5 Å². The molecular formula is C19H25ClFIO. The number of halogens is 3. The maximum atomic E-state index is 14.2. The van der Waals surface area contributed by atoms with Crippen molar-refractivity contribution in [1.82, 2.24) is 0 Å². The number of benzene rings is 1. The molecule has 0 N–H and O–H groups in total. The normalized spacial score (nSPS) is 31.8. The van der Waals surface area contributed by atoms with Crippen LogP contribution in [-0.2, 0) is 0 Å². The molecule has 0 radical (unpaired) electrons. The average molecular weight is 451 g/mol. The van der Waals surface area contributed by atoms with E-state index in [-0.39, 0.29) is 10.8 Å². The first-order chi connectivity index (χ1) is 11.1. The van der Waals surface area contributed by atoms with Gasteiger partial charge in [-0.2, -0.15) is 0 Å². The van der Waals surface area contributed by atoms with E-state index in [1.165, 1.54) is 45.6 Å². The Hall–Kier alpha value is -0.0300. The standard InChI is InChI=1S/C19H25ClFIO/c1-23-17-11-10-16(18(20)19(17)21)14-4-2-12(3-5-14)13-6-8-15(22)9-7-13/h10-15H,2-9H2,1H3. The van der Waals surface area contributed by atoms with Crippen LogP contribution >= 0.6 is 34.2 Å². The first-order valence-corrected chi connectivity index (χ1v) is 10.4. The van der Waals surface area contributed by atoms with Crippen LogP contribution in [0.15, 0.2) is 12.1 Å². The molecule has 1 aromatic rings. The molecule has 3 rings (SSSR count). The average Bonchev–Trinajstić information content (AvgIpc) is 2.58. The number of ether oxygens (including phenoxy) is 1. The van der Waals surface area contributed by atoms with Crippen LogP contribution in [0.25, 0.3) is 0 Å². The van der Waals surface area contributed by atoms with Crippen molar-refractivity contribution in [2.45, 2.75) is 61.2 Å². The Bertz CT molecular complexity index is 534. The van der Waals surface area contributed by atoms with Crippen molar-refractivity contribution in [3.8, 4) is 5.75 Å². The van der Waals surface area contributed by atoms with Gasteiger partial charge in [0.05, 0.1) is 12.1 Å². The molecule has 0 unspecified atom stereocenters. The molecule has 2 aliphatic rings. The monoisotopic (exact) mass is 450 g/mol. The Balaban J connectivity index is 1.62. The topological polar surface area (TPSA) is 9.23 Å². The third-order valence-corrected chi connectivity index (χ3v) is 7.51. The Kier molecular flexibility index (Phi) is 6.11. The van der Waals surface area contributed by atoms with E-state index in [2.05, 4.69) is 22.6 Å². The molecule has 4 heteroatoms. The number of rotatable bonds is 3. The summed E-state index contributed by atoms with van der Waals surface area (Å²) < 4.78 is 20.1. The van der Waals surface area contributed by atoms with Crippen molar-refractivity contribution in [3.63, 3.8) is 0 Å². The van der Waals surface area contributed by atoms with Crippen LogP contribution in [-0.4, -0.2) is 11.0 Å². The van der Waals surface area contributed by atoms with Crippen LogP contribution in [0.2, 0.25) is 5.02 Å². The molecule has 128 valence electrons. The van der Waals surface area contributed by atoms with E-state index >= 15 is 0 Å². The van der Waals surface area contributed by atoms with Crippen molar-refractivity contribution in [2.24, 2.45) is 11.8 Å². The smallest absolute Gasteiger partial charge is 0.183 e. The number of hydrogen-bond acceptors (Lipinski definition) is 1. The predicted octanol–water partition coefficient (Wildman–Crippen LogP) is 6.76. The SMILES string of the molecule is COc1ccc(C2CCC(C3CCC(I)CC3)CC2)c(Cl)c1F. The van der Waals surface area contributed by atoms with Crippen LogP contribution in [0.5, 0.6) is 5.75 Å². The molecule has 2 fully saturated rings. The Labute approximate surface area is 157 Å². The second-order valence-electron chi connectivity index (χ2n) is 7.11. The predicted molar refractivity (Wildman–Crippen MR) is 102 cm³/mol. The van der Waals surface area contributed by atoms with Gasteiger partial charge in [-0.05, 0) is 80.8 Å². The fourth-order valence-corrected chi connectivity index (χ4v) is 5.50. The molecule has 0 heterocycles. The number of hydrogen-bond donors (Lipinski definition) is 0. The molecule has 0 spiro atoms. The molecule has 23 heavy (non-hydrogen) atoms. The molecule has 2 aliphatic carbocycles. The summed E-state index contributed by atoms with van der Waals surface area (Å²) >= 11 is 8.86. The second-order valence-corrected chi connectivity index (χ2v) is 9.25. The molecule has 1 nitrogen and oxygen atoms in total. The van der Waals surface area contributed by atoms with Gasteiger partial charge in [-0.25, -0.2) is 4.39 Å². The zero-order valence-corrected chi connectivity index (χ0v) is 16.6. The number of alkyl halides is 1. The van der Waals surface area contributed by atoms with Gasteiger partial charge >= 0.3 is 0 Å². The lowest BCUT2D eigenvalue weighted by molar-refractivity contribution is 0.189. The summed E-state index contributed by atoms with van der Waals surface area (Å²) in [6.45, 7) is 0. The number of methoxy groups -OCH3 is 1. The third kappa shape index (κ3) is 3.97. The minimum Gasteiger partial charge on any atom is -0.494 e.